The number of thioether (sulfide) groups is 1. The van der Waals surface area contributed by atoms with E-state index in [1.807, 2.05) is 17.5 Å². The van der Waals surface area contributed by atoms with Gasteiger partial charge in [-0.05, 0) is 23.6 Å². The number of nitrogens with one attached hydrogen (secondary N) is 1. The summed E-state index contributed by atoms with van der Waals surface area (Å²) >= 11 is 3.32. The third-order valence-electron chi connectivity index (χ3n) is 2.61. The Bertz CT molecular complexity index is 345. The quantitative estimate of drug-likeness (QED) is 0.854. The number of hydrogen-bond acceptors (Lipinski definition) is 4. The summed E-state index contributed by atoms with van der Waals surface area (Å²) in [5.41, 5.74) is -0.685. The molecule has 1 atom stereocenters. The van der Waals surface area contributed by atoms with Gasteiger partial charge in [-0.15, -0.1) is 11.3 Å². The van der Waals surface area contributed by atoms with E-state index >= 15 is 0 Å². The molecule has 1 saturated heterocycles. The summed E-state index contributed by atoms with van der Waals surface area (Å²) in [6.45, 7) is 0.379. The third-order valence-corrected chi connectivity index (χ3v) is 4.72. The lowest BCUT2D eigenvalue weighted by Gasteiger charge is -2.21. The van der Waals surface area contributed by atoms with Crippen LogP contribution in [-0.4, -0.2) is 34.7 Å². The van der Waals surface area contributed by atoms with Gasteiger partial charge in [-0.2, -0.15) is 11.8 Å². The number of aliphatic hydroxyl groups is 1. The van der Waals surface area contributed by atoms with Crippen LogP contribution in [0.4, 0.5) is 0 Å². The smallest absolute Gasteiger partial charge is 0.225 e. The molecule has 16 heavy (non-hydrogen) atoms. The largest absolute Gasteiger partial charge is 0.387 e. The van der Waals surface area contributed by atoms with Crippen LogP contribution in [0.25, 0.3) is 0 Å². The molecular weight excluding hydrogens is 242 g/mol. The zero-order chi connectivity index (χ0) is 11.4. The summed E-state index contributed by atoms with van der Waals surface area (Å²) < 4.78 is 0. The minimum absolute atomic E-state index is 0.00669. The lowest BCUT2D eigenvalue weighted by molar-refractivity contribution is -0.121. The fourth-order valence-electron chi connectivity index (χ4n) is 1.63. The SMILES string of the molecule is O=C(Cc1cccs1)NCC1(O)CCSC1. The predicted octanol–water partition coefficient (Wildman–Crippen LogP) is 1.27. The Hall–Kier alpha value is -0.520. The highest BCUT2D eigenvalue weighted by Gasteiger charge is 2.31. The van der Waals surface area contributed by atoms with E-state index in [1.54, 1.807) is 23.1 Å². The van der Waals surface area contributed by atoms with Crippen molar-refractivity contribution in [3.63, 3.8) is 0 Å². The highest BCUT2D eigenvalue weighted by atomic mass is 32.2. The summed E-state index contributed by atoms with van der Waals surface area (Å²) in [6.07, 6.45) is 1.19. The molecule has 2 rings (SSSR count). The summed E-state index contributed by atoms with van der Waals surface area (Å²) in [5, 5.41) is 14.8. The molecule has 1 unspecified atom stereocenters. The second-order valence-corrected chi connectivity index (χ2v) is 6.20. The van der Waals surface area contributed by atoms with Crippen molar-refractivity contribution in [2.24, 2.45) is 0 Å². The van der Waals surface area contributed by atoms with Crippen molar-refractivity contribution in [1.82, 2.24) is 5.32 Å². The highest BCUT2D eigenvalue weighted by Crippen LogP contribution is 2.26. The first-order valence-corrected chi connectivity index (χ1v) is 7.31. The second-order valence-electron chi connectivity index (χ2n) is 4.06. The summed E-state index contributed by atoms with van der Waals surface area (Å²) in [5.74, 6) is 1.71. The molecule has 0 aliphatic carbocycles. The van der Waals surface area contributed by atoms with Gasteiger partial charge in [-0.1, -0.05) is 6.07 Å². The Morgan fingerprint density at radius 3 is 3.12 bits per heavy atom. The van der Waals surface area contributed by atoms with Crippen molar-refractivity contribution in [2.75, 3.05) is 18.1 Å². The van der Waals surface area contributed by atoms with Gasteiger partial charge >= 0.3 is 0 Å². The summed E-state index contributed by atoms with van der Waals surface area (Å²) in [4.78, 5) is 12.6. The average Bonchev–Trinajstić information content (AvgIpc) is 2.88. The molecule has 0 bridgehead atoms. The van der Waals surface area contributed by atoms with Gasteiger partial charge in [0.15, 0.2) is 0 Å². The van der Waals surface area contributed by atoms with E-state index < -0.39 is 5.60 Å². The maximum atomic E-state index is 11.6. The summed E-state index contributed by atoms with van der Waals surface area (Å²) in [6, 6.07) is 3.89. The molecule has 1 fully saturated rings. The fraction of sp³-hybridized carbons (Fsp3) is 0.545. The molecule has 5 heteroatoms. The minimum Gasteiger partial charge on any atom is -0.387 e. The van der Waals surface area contributed by atoms with E-state index in [0.29, 0.717) is 13.0 Å². The van der Waals surface area contributed by atoms with Crippen molar-refractivity contribution in [2.45, 2.75) is 18.4 Å². The van der Waals surface area contributed by atoms with Crippen LogP contribution in [0, 0.1) is 0 Å². The van der Waals surface area contributed by atoms with Gasteiger partial charge in [0.25, 0.3) is 0 Å². The first-order valence-electron chi connectivity index (χ1n) is 5.27. The average molecular weight is 257 g/mol. The van der Waals surface area contributed by atoms with E-state index in [-0.39, 0.29) is 5.91 Å². The van der Waals surface area contributed by atoms with Gasteiger partial charge in [0.2, 0.25) is 5.91 Å². The van der Waals surface area contributed by atoms with Crippen LogP contribution >= 0.6 is 23.1 Å². The number of carbonyl (C=O) groups excluding carboxylic acids is 1. The minimum atomic E-state index is -0.685. The van der Waals surface area contributed by atoms with Crippen LogP contribution in [0.3, 0.4) is 0 Å². The number of carbonyl (C=O) groups is 1. The molecule has 0 spiro atoms. The number of amides is 1. The topological polar surface area (TPSA) is 49.3 Å². The van der Waals surface area contributed by atoms with E-state index in [0.717, 1.165) is 22.8 Å². The molecule has 0 radical (unpaired) electrons. The van der Waals surface area contributed by atoms with Crippen molar-refractivity contribution >= 4 is 29.0 Å². The van der Waals surface area contributed by atoms with E-state index in [1.165, 1.54) is 0 Å². The zero-order valence-corrected chi connectivity index (χ0v) is 10.6. The van der Waals surface area contributed by atoms with Gasteiger partial charge in [-0.3, -0.25) is 4.79 Å². The van der Waals surface area contributed by atoms with Crippen molar-refractivity contribution in [1.29, 1.82) is 0 Å². The number of hydrogen-bond donors (Lipinski definition) is 2. The number of rotatable bonds is 4. The lowest BCUT2D eigenvalue weighted by atomic mass is 10.0. The molecule has 2 N–H and O–H groups in total. The lowest BCUT2D eigenvalue weighted by Crippen LogP contribution is -2.43. The molecule has 1 amide bonds. The Morgan fingerprint density at radius 2 is 2.50 bits per heavy atom. The molecule has 1 aromatic rings. The molecule has 0 aromatic carbocycles. The molecule has 1 aromatic heterocycles. The van der Waals surface area contributed by atoms with Gasteiger partial charge in [0.1, 0.15) is 0 Å². The van der Waals surface area contributed by atoms with Crippen LogP contribution in [0.5, 0.6) is 0 Å². The molecule has 1 aliphatic rings. The van der Waals surface area contributed by atoms with Crippen molar-refractivity contribution < 1.29 is 9.90 Å². The Balaban J connectivity index is 1.75. The first-order chi connectivity index (χ1) is 7.68. The maximum Gasteiger partial charge on any atom is 0.225 e. The third kappa shape index (κ3) is 3.23. The molecule has 2 heterocycles. The first kappa shape index (κ1) is 12.0. The van der Waals surface area contributed by atoms with Crippen LogP contribution in [-0.2, 0) is 11.2 Å². The van der Waals surface area contributed by atoms with Crippen molar-refractivity contribution in [3.05, 3.63) is 22.4 Å². The monoisotopic (exact) mass is 257 g/mol. The fourth-order valence-corrected chi connectivity index (χ4v) is 3.63. The molecule has 0 saturated carbocycles. The van der Waals surface area contributed by atoms with Crippen LogP contribution < -0.4 is 5.32 Å². The molecule has 88 valence electrons. The Labute approximate surface area is 103 Å². The van der Waals surface area contributed by atoms with Crippen LogP contribution in [0.1, 0.15) is 11.3 Å². The standard InChI is InChI=1S/C11H15NO2S2/c13-10(6-9-2-1-4-16-9)12-7-11(14)3-5-15-8-11/h1-2,4,14H,3,5-8H2,(H,12,13). The van der Waals surface area contributed by atoms with E-state index in [4.69, 9.17) is 0 Å². The van der Waals surface area contributed by atoms with Crippen LogP contribution in [0.15, 0.2) is 17.5 Å². The summed E-state index contributed by atoms with van der Waals surface area (Å²) in [7, 11) is 0. The zero-order valence-electron chi connectivity index (χ0n) is 8.94. The maximum absolute atomic E-state index is 11.6. The van der Waals surface area contributed by atoms with Gasteiger partial charge < -0.3 is 10.4 Å². The Kier molecular flexibility index (Phi) is 3.89. The van der Waals surface area contributed by atoms with E-state index in [9.17, 15) is 9.90 Å². The van der Waals surface area contributed by atoms with Crippen molar-refractivity contribution in [3.8, 4) is 0 Å². The molecular formula is C11H15NO2S2. The predicted molar refractivity (Wildman–Crippen MR) is 67.9 cm³/mol. The second kappa shape index (κ2) is 5.21. The number of thiophene rings is 1. The van der Waals surface area contributed by atoms with E-state index in [2.05, 4.69) is 5.32 Å². The molecule has 3 nitrogen and oxygen atoms in total. The molecule has 1 aliphatic heterocycles. The van der Waals surface area contributed by atoms with Gasteiger partial charge in [-0.25, -0.2) is 0 Å². The van der Waals surface area contributed by atoms with Gasteiger partial charge in [0.05, 0.1) is 12.0 Å². The normalized spacial score (nSPS) is 24.6. The Morgan fingerprint density at radius 1 is 1.62 bits per heavy atom. The van der Waals surface area contributed by atoms with Crippen LogP contribution in [0.2, 0.25) is 0 Å². The van der Waals surface area contributed by atoms with Gasteiger partial charge in [0, 0.05) is 17.2 Å². The highest BCUT2D eigenvalue weighted by molar-refractivity contribution is 7.99.